The third-order valence-electron chi connectivity index (χ3n) is 3.15. The maximum atomic E-state index is 12.3. The summed E-state index contributed by atoms with van der Waals surface area (Å²) in [7, 11) is 0. The zero-order chi connectivity index (χ0) is 16.1. The molecule has 0 spiro atoms. The molecule has 0 fully saturated rings. The molecule has 1 heterocycles. The molecule has 0 aromatic heterocycles. The number of benzene rings is 1. The summed E-state index contributed by atoms with van der Waals surface area (Å²) in [6.45, 7) is 3.38. The Balaban J connectivity index is 2.41. The quantitative estimate of drug-likeness (QED) is 0.596. The van der Waals surface area contributed by atoms with E-state index in [4.69, 9.17) is 4.74 Å². The fraction of sp³-hybridized carbons (Fsp3) is 0.235. The molecule has 112 valence electrons. The number of hydrogen-bond acceptors (Lipinski definition) is 5. The van der Waals surface area contributed by atoms with E-state index in [-0.39, 0.29) is 35.2 Å². The second kappa shape index (κ2) is 6.78. The van der Waals surface area contributed by atoms with Gasteiger partial charge in [-0.2, -0.15) is 0 Å². The van der Waals surface area contributed by atoms with Crippen LogP contribution in [0, 0.1) is 0 Å². The van der Waals surface area contributed by atoms with E-state index in [1.54, 1.807) is 37.1 Å². The first kappa shape index (κ1) is 15.6. The third kappa shape index (κ3) is 3.10. The van der Waals surface area contributed by atoms with E-state index in [1.165, 1.54) is 6.92 Å². The standard InChI is InChI=1S/C17H15NO4/c1-3-22-17-13(16(11(2)20)18-14(17)10-19)9-15(21)12-7-5-4-6-8-12/h4-8H,3,9H2,1-2H3. The van der Waals surface area contributed by atoms with Crippen LogP contribution >= 0.6 is 0 Å². The molecule has 0 saturated heterocycles. The van der Waals surface area contributed by atoms with Gasteiger partial charge in [0.2, 0.25) is 0 Å². The van der Waals surface area contributed by atoms with Gasteiger partial charge in [0.05, 0.1) is 6.61 Å². The smallest absolute Gasteiger partial charge is 0.190 e. The molecule has 1 aromatic carbocycles. The fourth-order valence-electron chi connectivity index (χ4n) is 2.19. The van der Waals surface area contributed by atoms with Gasteiger partial charge < -0.3 is 4.74 Å². The highest BCUT2D eigenvalue weighted by atomic mass is 16.5. The summed E-state index contributed by atoms with van der Waals surface area (Å²) >= 11 is 0. The largest absolute Gasteiger partial charge is 0.490 e. The van der Waals surface area contributed by atoms with Crippen molar-refractivity contribution in [1.82, 2.24) is 0 Å². The highest BCUT2D eigenvalue weighted by Gasteiger charge is 2.30. The lowest BCUT2D eigenvalue weighted by Crippen LogP contribution is -2.15. The van der Waals surface area contributed by atoms with Crippen LogP contribution in [0.4, 0.5) is 0 Å². The summed E-state index contributed by atoms with van der Waals surface area (Å²) in [6.07, 6.45) is -0.0526. The predicted octanol–water partition coefficient (Wildman–Crippen LogP) is 2.31. The van der Waals surface area contributed by atoms with Crippen molar-refractivity contribution in [3.63, 3.8) is 0 Å². The molecule has 0 N–H and O–H groups in total. The number of nitrogens with zero attached hydrogens (tertiary/aromatic N) is 1. The van der Waals surface area contributed by atoms with E-state index < -0.39 is 0 Å². The average molecular weight is 297 g/mol. The van der Waals surface area contributed by atoms with Crippen molar-refractivity contribution in [3.8, 4) is 0 Å². The summed E-state index contributed by atoms with van der Waals surface area (Å²) in [5, 5.41) is 0. The van der Waals surface area contributed by atoms with Crippen molar-refractivity contribution < 1.29 is 19.1 Å². The molecule has 0 bridgehead atoms. The molecule has 0 radical (unpaired) electrons. The predicted molar refractivity (Wildman–Crippen MR) is 81.4 cm³/mol. The van der Waals surface area contributed by atoms with E-state index in [2.05, 4.69) is 4.99 Å². The first-order chi connectivity index (χ1) is 10.6. The van der Waals surface area contributed by atoms with Gasteiger partial charge >= 0.3 is 0 Å². The lowest BCUT2D eigenvalue weighted by Gasteiger charge is -2.08. The second-order valence-corrected chi connectivity index (χ2v) is 4.67. The van der Waals surface area contributed by atoms with E-state index in [0.29, 0.717) is 17.7 Å². The van der Waals surface area contributed by atoms with Crippen LogP contribution < -0.4 is 0 Å². The number of aliphatic imine (C=N–C) groups is 1. The highest BCUT2D eigenvalue weighted by Crippen LogP contribution is 2.28. The highest BCUT2D eigenvalue weighted by molar-refractivity contribution is 6.47. The van der Waals surface area contributed by atoms with Gasteiger partial charge in [-0.15, -0.1) is 0 Å². The zero-order valence-corrected chi connectivity index (χ0v) is 12.4. The molecule has 5 nitrogen and oxygen atoms in total. The van der Waals surface area contributed by atoms with Gasteiger partial charge in [0, 0.05) is 24.5 Å². The van der Waals surface area contributed by atoms with Crippen molar-refractivity contribution in [1.29, 1.82) is 0 Å². The number of rotatable bonds is 6. The maximum absolute atomic E-state index is 12.3. The van der Waals surface area contributed by atoms with Gasteiger partial charge in [-0.1, -0.05) is 30.3 Å². The molecule has 0 aliphatic carbocycles. The summed E-state index contributed by atoms with van der Waals surface area (Å²) in [5.74, 6) is 1.34. The van der Waals surface area contributed by atoms with Crippen molar-refractivity contribution in [2.75, 3.05) is 6.61 Å². The Morgan fingerprint density at radius 3 is 2.45 bits per heavy atom. The molecule has 22 heavy (non-hydrogen) atoms. The molecular weight excluding hydrogens is 282 g/mol. The number of carbonyl (C=O) groups excluding carboxylic acids is 3. The number of Topliss-reactive ketones (excluding diaryl/α,β-unsaturated/α-hetero) is 2. The zero-order valence-electron chi connectivity index (χ0n) is 12.4. The SMILES string of the molecule is CCOC1=C(CC(=O)c2ccccc2)C(C(C)=O)=NC1=C=O. The van der Waals surface area contributed by atoms with Crippen LogP contribution in [-0.2, 0) is 14.3 Å². The Kier molecular flexibility index (Phi) is 4.81. The van der Waals surface area contributed by atoms with Crippen molar-refractivity contribution >= 4 is 23.2 Å². The van der Waals surface area contributed by atoms with E-state index >= 15 is 0 Å². The Labute approximate surface area is 128 Å². The Morgan fingerprint density at radius 1 is 1.23 bits per heavy atom. The Hall–Kier alpha value is -2.78. The van der Waals surface area contributed by atoms with Gasteiger partial charge in [-0.3, -0.25) is 9.59 Å². The summed E-state index contributed by atoms with van der Waals surface area (Å²) in [5.41, 5.74) is 0.896. The van der Waals surface area contributed by atoms with Crippen molar-refractivity contribution in [2.24, 2.45) is 4.99 Å². The minimum atomic E-state index is -0.321. The second-order valence-electron chi connectivity index (χ2n) is 4.67. The normalized spacial score (nSPS) is 13.7. The monoisotopic (exact) mass is 297 g/mol. The van der Waals surface area contributed by atoms with Gasteiger partial charge in [0.25, 0.3) is 0 Å². The average Bonchev–Trinajstić information content (AvgIpc) is 2.87. The molecule has 2 rings (SSSR count). The number of ether oxygens (including phenoxy) is 1. The van der Waals surface area contributed by atoms with E-state index in [9.17, 15) is 14.4 Å². The van der Waals surface area contributed by atoms with E-state index in [1.807, 2.05) is 6.07 Å². The molecule has 0 unspecified atom stereocenters. The van der Waals surface area contributed by atoms with Crippen LogP contribution in [0.25, 0.3) is 0 Å². The lowest BCUT2D eigenvalue weighted by atomic mass is 9.98. The Morgan fingerprint density at radius 2 is 1.91 bits per heavy atom. The maximum Gasteiger partial charge on any atom is 0.190 e. The van der Waals surface area contributed by atoms with Crippen molar-refractivity contribution in [3.05, 3.63) is 52.9 Å². The topological polar surface area (TPSA) is 72.8 Å². The first-order valence-corrected chi connectivity index (χ1v) is 6.88. The molecule has 1 aromatic rings. The number of carbonyl (C=O) groups is 2. The molecule has 0 saturated carbocycles. The number of ketones is 2. The number of allylic oxidation sites excluding steroid dienone is 1. The minimum Gasteiger partial charge on any atom is -0.490 e. The minimum absolute atomic E-state index is 0.0526. The van der Waals surface area contributed by atoms with Crippen LogP contribution in [0.1, 0.15) is 30.6 Å². The molecule has 5 heteroatoms. The lowest BCUT2D eigenvalue weighted by molar-refractivity contribution is -0.111. The van der Waals surface area contributed by atoms with Crippen LogP contribution in [-0.4, -0.2) is 29.8 Å². The third-order valence-corrected chi connectivity index (χ3v) is 3.15. The van der Waals surface area contributed by atoms with Gasteiger partial charge in [-0.25, -0.2) is 9.79 Å². The fourth-order valence-corrected chi connectivity index (χ4v) is 2.19. The van der Waals surface area contributed by atoms with Gasteiger partial charge in [0.1, 0.15) is 5.71 Å². The van der Waals surface area contributed by atoms with E-state index in [0.717, 1.165) is 0 Å². The van der Waals surface area contributed by atoms with Crippen molar-refractivity contribution in [2.45, 2.75) is 20.3 Å². The molecule has 0 amide bonds. The number of hydrogen-bond donors (Lipinski definition) is 0. The van der Waals surface area contributed by atoms with Gasteiger partial charge in [-0.05, 0) is 6.92 Å². The van der Waals surface area contributed by atoms with Crippen LogP contribution in [0.15, 0.2) is 52.4 Å². The first-order valence-electron chi connectivity index (χ1n) is 6.88. The molecule has 1 aliphatic rings. The van der Waals surface area contributed by atoms with Crippen LogP contribution in [0.2, 0.25) is 0 Å². The molecular formula is C17H15NO4. The molecule has 1 aliphatic heterocycles. The summed E-state index contributed by atoms with van der Waals surface area (Å²) in [4.78, 5) is 39.0. The van der Waals surface area contributed by atoms with Crippen LogP contribution in [0.3, 0.4) is 0 Å². The summed E-state index contributed by atoms with van der Waals surface area (Å²) < 4.78 is 5.40. The Bertz CT molecular complexity index is 722. The van der Waals surface area contributed by atoms with Gasteiger partial charge in [0.15, 0.2) is 29.0 Å². The van der Waals surface area contributed by atoms with Crippen LogP contribution in [0.5, 0.6) is 0 Å². The summed E-state index contributed by atoms with van der Waals surface area (Å²) in [6, 6.07) is 8.72. The molecule has 0 atom stereocenters.